The molecule has 2 aliphatic heterocycles. The molecule has 0 bridgehead atoms. The highest BCUT2D eigenvalue weighted by atomic mass is 16.6. The number of urea groups is 2. The fourth-order valence-corrected chi connectivity index (χ4v) is 12.5. The zero-order valence-corrected chi connectivity index (χ0v) is 58.6. The lowest BCUT2D eigenvalue weighted by Gasteiger charge is -2.36. The summed E-state index contributed by atoms with van der Waals surface area (Å²) in [6, 6.07) is 30.0. The Balaban J connectivity index is 0.000000234. The molecule has 532 valence electrons. The molecule has 4 aromatic heterocycles. The van der Waals surface area contributed by atoms with Gasteiger partial charge in [0.1, 0.15) is 28.3 Å². The highest BCUT2D eigenvalue weighted by Crippen LogP contribution is 2.35. The molecule has 6 heterocycles. The number of nitrogen functional groups attached to an aromatic ring is 2. The molecule has 0 atom stereocenters. The Hall–Kier alpha value is -9.86. The molecule has 4 amide bonds. The van der Waals surface area contributed by atoms with Gasteiger partial charge in [0.2, 0.25) is 0 Å². The number of benzene rings is 4. The van der Waals surface area contributed by atoms with Gasteiger partial charge in [0.15, 0.2) is 11.6 Å². The highest BCUT2D eigenvalue weighted by Gasteiger charge is 2.25. The third-order valence-electron chi connectivity index (χ3n) is 17.6. The minimum Gasteiger partial charge on any atom is -0.481 e. The molecule has 0 aliphatic carbocycles. The Labute approximate surface area is 585 Å². The number of ether oxygens (including phenoxy) is 3. The van der Waals surface area contributed by atoms with Crippen LogP contribution in [-0.2, 0) is 49.7 Å². The van der Waals surface area contributed by atoms with Crippen LogP contribution in [0.2, 0.25) is 0 Å². The molecule has 0 radical (unpaired) electrons. The van der Waals surface area contributed by atoms with Crippen molar-refractivity contribution in [3.63, 3.8) is 0 Å². The second kappa shape index (κ2) is 36.8. The van der Waals surface area contributed by atoms with E-state index in [1.165, 1.54) is 0 Å². The third-order valence-corrected chi connectivity index (χ3v) is 17.6. The number of pyridine rings is 2. The molecule has 2 aliphatic rings. The molecular formula is C74H98N18O8. The predicted octanol–water partition coefficient (Wildman–Crippen LogP) is 10.4. The van der Waals surface area contributed by atoms with Crippen molar-refractivity contribution in [2.45, 2.75) is 130 Å². The van der Waals surface area contributed by atoms with E-state index in [2.05, 4.69) is 106 Å². The van der Waals surface area contributed by atoms with Gasteiger partial charge in [-0.25, -0.2) is 29.5 Å². The van der Waals surface area contributed by atoms with Crippen LogP contribution in [-0.4, -0.2) is 179 Å². The summed E-state index contributed by atoms with van der Waals surface area (Å²) < 4.78 is 21.2. The largest absolute Gasteiger partial charge is 0.481 e. The van der Waals surface area contributed by atoms with Crippen molar-refractivity contribution >= 4 is 102 Å². The Morgan fingerprint density at radius 3 is 1.40 bits per heavy atom. The number of unbranched alkanes of at least 4 members (excludes halogenated alkanes) is 4. The minimum absolute atomic E-state index is 0.0277. The highest BCUT2D eigenvalue weighted by molar-refractivity contribution is 6.09. The lowest BCUT2D eigenvalue weighted by molar-refractivity contribution is -0.156. The number of anilines is 6. The van der Waals surface area contributed by atoms with Gasteiger partial charge in [-0.2, -0.15) is 10.5 Å². The Morgan fingerprint density at radius 1 is 0.550 bits per heavy atom. The van der Waals surface area contributed by atoms with Gasteiger partial charge in [0, 0.05) is 138 Å². The summed E-state index contributed by atoms with van der Waals surface area (Å²) in [7, 11) is 0. The summed E-state index contributed by atoms with van der Waals surface area (Å²) in [6.07, 6.45) is 9.36. The molecule has 2 fully saturated rings. The smallest absolute Gasteiger partial charge is 0.319 e. The number of aryl methyl sites for hydroxylation is 4. The number of carboxylic acid groups (broad SMARTS) is 1. The second-order valence-electron chi connectivity index (χ2n) is 26.3. The Bertz CT molecular complexity index is 4160. The molecule has 0 unspecified atom stereocenters. The maximum Gasteiger partial charge on any atom is 0.319 e. The van der Waals surface area contributed by atoms with Crippen molar-refractivity contribution in [1.29, 1.82) is 10.5 Å². The van der Waals surface area contributed by atoms with Crippen molar-refractivity contribution in [3.05, 3.63) is 108 Å². The van der Waals surface area contributed by atoms with Crippen LogP contribution in [0.4, 0.5) is 44.0 Å². The second-order valence-corrected chi connectivity index (χ2v) is 26.3. The maximum absolute atomic E-state index is 12.5. The van der Waals surface area contributed by atoms with Gasteiger partial charge in [0.05, 0.1) is 84.6 Å². The van der Waals surface area contributed by atoms with E-state index in [0.717, 1.165) is 210 Å². The number of carbonyl (C=O) groups excluding carboxylic acids is 3. The normalized spacial score (nSPS) is 13.6. The fraction of sp³-hybridized carbons (Fsp3) is 0.486. The van der Waals surface area contributed by atoms with Gasteiger partial charge in [-0.15, -0.1) is 0 Å². The summed E-state index contributed by atoms with van der Waals surface area (Å²) in [4.78, 5) is 76.6. The summed E-state index contributed by atoms with van der Waals surface area (Å²) >= 11 is 0. The third kappa shape index (κ3) is 21.3. The summed E-state index contributed by atoms with van der Waals surface area (Å²) in [6.45, 7) is 22.9. The van der Waals surface area contributed by atoms with Crippen LogP contribution in [0.5, 0.6) is 0 Å². The Morgan fingerprint density at radius 2 is 0.990 bits per heavy atom. The van der Waals surface area contributed by atoms with E-state index in [-0.39, 0.29) is 37.5 Å². The zero-order valence-electron chi connectivity index (χ0n) is 58.6. The minimum atomic E-state index is -0.842. The molecule has 4 aromatic carbocycles. The summed E-state index contributed by atoms with van der Waals surface area (Å²) in [5.74, 6) is 1.80. The van der Waals surface area contributed by atoms with Crippen LogP contribution in [0.15, 0.2) is 84.9 Å². The molecule has 2 saturated heterocycles. The van der Waals surface area contributed by atoms with Crippen molar-refractivity contribution in [1.82, 2.24) is 49.5 Å². The molecule has 10 rings (SSSR count). The van der Waals surface area contributed by atoms with E-state index in [0.29, 0.717) is 67.0 Å². The van der Waals surface area contributed by atoms with Gasteiger partial charge >= 0.3 is 24.0 Å². The first-order chi connectivity index (χ1) is 48.4. The van der Waals surface area contributed by atoms with E-state index in [1.807, 2.05) is 26.8 Å². The number of nitrogens with two attached hydrogens (primary N) is 2. The van der Waals surface area contributed by atoms with Crippen LogP contribution in [0, 0.1) is 22.7 Å². The van der Waals surface area contributed by atoms with E-state index in [1.54, 1.807) is 48.5 Å². The van der Waals surface area contributed by atoms with Crippen LogP contribution in [0.3, 0.4) is 0 Å². The summed E-state index contributed by atoms with van der Waals surface area (Å²) in [5.41, 5.74) is 22.1. The van der Waals surface area contributed by atoms with Crippen LogP contribution in [0.1, 0.15) is 122 Å². The molecule has 0 saturated carbocycles. The number of hydrogen-bond donors (Lipinski definition) is 7. The van der Waals surface area contributed by atoms with Crippen molar-refractivity contribution < 1.29 is 38.5 Å². The number of amides is 4. The van der Waals surface area contributed by atoms with Gasteiger partial charge < -0.3 is 71.0 Å². The van der Waals surface area contributed by atoms with E-state index < -0.39 is 11.6 Å². The van der Waals surface area contributed by atoms with Gasteiger partial charge in [-0.3, -0.25) is 19.4 Å². The van der Waals surface area contributed by atoms with E-state index in [4.69, 9.17) is 61.2 Å². The van der Waals surface area contributed by atoms with Gasteiger partial charge in [-0.05, 0) is 132 Å². The lowest BCUT2D eigenvalue weighted by atomic mass is 10.1. The van der Waals surface area contributed by atoms with Crippen LogP contribution in [0.25, 0.3) is 43.9 Å². The predicted molar refractivity (Wildman–Crippen MR) is 393 cm³/mol. The lowest BCUT2D eigenvalue weighted by Crippen LogP contribution is -2.47. The standard InChI is InChI=1S/C39H53N9O4.C35H45N9O4/c1-5-6-12-33-45-35-36(48(33)17-8-7-16-42-38(50)43-29-11-9-10-28(25-29)27-40)31-26-30(13-14-32(31)44-37(35)41)47-20-18-46(19-21-47)22-24-51-23-15-34(49)52-39(2,3)4;1-2-3-9-30-41-32-33(44(30)14-5-4-13-38-35(47)39-26-8-6-7-25(22-26)24-36)28-23-27(10-11-29(28)40-34(32)37)43-17-15-42(16-18-43)19-21-48-20-12-31(45)46/h9-11,13-14,25-26H,5-8,12,15-24H2,1-4H3,(H2,41,44)(H2,42,43,50);6-8,10-11,22-23H,2-5,9,12-21H2,1H3,(H2,37,40)(H,45,46)(H2,38,39,47). The number of aliphatic carboxylic acids is 1. The molecular weight excluding hydrogens is 1270 g/mol. The monoisotopic (exact) mass is 1370 g/mol. The number of rotatable bonds is 32. The molecule has 100 heavy (non-hydrogen) atoms. The molecule has 9 N–H and O–H groups in total. The van der Waals surface area contributed by atoms with E-state index >= 15 is 0 Å². The fourth-order valence-electron chi connectivity index (χ4n) is 12.5. The van der Waals surface area contributed by atoms with Crippen molar-refractivity contribution in [2.24, 2.45) is 0 Å². The number of imidazole rings is 2. The number of nitriles is 2. The van der Waals surface area contributed by atoms with Crippen molar-refractivity contribution in [2.75, 3.05) is 137 Å². The van der Waals surface area contributed by atoms with Crippen molar-refractivity contribution in [3.8, 4) is 12.1 Å². The number of nitrogens with one attached hydrogen (secondary N) is 4. The number of carbonyl (C=O) groups is 4. The summed E-state index contributed by atoms with van der Waals surface area (Å²) in [5, 5.41) is 40.5. The number of fused-ring (bicyclic) bond motifs is 6. The van der Waals surface area contributed by atoms with Crippen LogP contribution >= 0.6 is 0 Å². The average Bonchev–Trinajstić information content (AvgIpc) is 1.54. The maximum atomic E-state index is 12.5. The zero-order chi connectivity index (χ0) is 71.0. The number of aromatic nitrogens is 6. The SMILES string of the molecule is CCCCc1nc2c(N)nc3ccc(N4CCN(CCOCCC(=O)O)CC4)cc3c2n1CCCCNC(=O)Nc1cccc(C#N)c1.CCCCc1nc2c(N)nc3ccc(N4CCN(CCOCCC(=O)OC(C)(C)C)CC4)cc3c2n1CCCCNC(=O)Nc1cccc(C#N)c1. The number of esters is 1. The average molecular weight is 1370 g/mol. The molecule has 26 nitrogen and oxygen atoms in total. The number of carboxylic acids is 1. The molecule has 8 aromatic rings. The number of hydrogen-bond acceptors (Lipinski definition) is 19. The first kappa shape index (κ1) is 74.4. The van der Waals surface area contributed by atoms with Gasteiger partial charge in [-0.1, -0.05) is 38.8 Å². The van der Waals surface area contributed by atoms with E-state index in [9.17, 15) is 19.2 Å². The topological polar surface area (TPSA) is 338 Å². The first-order valence-electron chi connectivity index (χ1n) is 35.2. The number of piperazine rings is 2. The Kier molecular flexibility index (Phi) is 27.4. The quantitative estimate of drug-likeness (QED) is 0.0152. The first-order valence-corrected chi connectivity index (χ1v) is 35.2. The molecule has 0 spiro atoms. The molecule has 26 heteroatoms. The van der Waals surface area contributed by atoms with Crippen LogP contribution < -0.4 is 42.5 Å². The van der Waals surface area contributed by atoms with Gasteiger partial charge in [0.25, 0.3) is 0 Å². The number of nitrogens with zero attached hydrogens (tertiary/aromatic N) is 12.